The molecule has 0 radical (unpaired) electrons. The molecule has 1 aliphatic heterocycles. The van der Waals surface area contributed by atoms with Crippen molar-refractivity contribution in [1.82, 2.24) is 9.80 Å². The first-order valence-electron chi connectivity index (χ1n) is 6.16. The van der Waals surface area contributed by atoms with E-state index in [1.165, 1.54) is 32.5 Å². The lowest BCUT2D eigenvalue weighted by atomic mass is 9.96. The number of nitrogens with zero attached hydrogens (tertiary/aromatic N) is 2. The Labute approximate surface area is 105 Å². The summed E-state index contributed by atoms with van der Waals surface area (Å²) < 4.78 is 0. The predicted octanol–water partition coefficient (Wildman–Crippen LogP) is 1.32. The van der Waals surface area contributed by atoms with Gasteiger partial charge in [-0.1, -0.05) is 12.2 Å². The molecule has 94 valence electrons. The Hall–Kier alpha value is -0.190. The van der Waals surface area contributed by atoms with Gasteiger partial charge >= 0.3 is 0 Å². The zero-order chi connectivity index (χ0) is 12.1. The fourth-order valence-electron chi connectivity index (χ4n) is 2.28. The maximum absolute atomic E-state index is 5.58. The summed E-state index contributed by atoms with van der Waals surface area (Å²) in [6.45, 7) is 5.86. The second kappa shape index (κ2) is 6.52. The van der Waals surface area contributed by atoms with Crippen molar-refractivity contribution in [3.63, 3.8) is 0 Å². The van der Waals surface area contributed by atoms with E-state index >= 15 is 0 Å². The molecule has 1 saturated heterocycles. The van der Waals surface area contributed by atoms with Gasteiger partial charge in [0.05, 0.1) is 4.99 Å². The molecule has 4 heteroatoms. The highest BCUT2D eigenvalue weighted by molar-refractivity contribution is 7.80. The van der Waals surface area contributed by atoms with Crippen molar-refractivity contribution in [3.05, 3.63) is 0 Å². The van der Waals surface area contributed by atoms with Gasteiger partial charge in [-0.25, -0.2) is 0 Å². The first kappa shape index (κ1) is 13.9. The molecule has 1 unspecified atom stereocenters. The molecule has 2 N–H and O–H groups in total. The molecule has 0 aromatic rings. The molecule has 1 atom stereocenters. The number of rotatable bonds is 5. The second-order valence-corrected chi connectivity index (χ2v) is 5.73. The summed E-state index contributed by atoms with van der Waals surface area (Å²) in [6, 6.07) is 0.470. The topological polar surface area (TPSA) is 32.5 Å². The number of thiocarbonyl (C=S) groups is 1. The summed E-state index contributed by atoms with van der Waals surface area (Å²) in [7, 11) is 4.39. The Morgan fingerprint density at radius 3 is 2.56 bits per heavy atom. The molecule has 0 aliphatic carbocycles. The van der Waals surface area contributed by atoms with Crippen molar-refractivity contribution < 1.29 is 0 Å². The predicted molar refractivity (Wildman–Crippen MR) is 73.7 cm³/mol. The van der Waals surface area contributed by atoms with Gasteiger partial charge in [0.25, 0.3) is 0 Å². The molecule has 0 saturated carbocycles. The molecule has 16 heavy (non-hydrogen) atoms. The van der Waals surface area contributed by atoms with E-state index in [-0.39, 0.29) is 0 Å². The van der Waals surface area contributed by atoms with E-state index in [4.69, 9.17) is 18.0 Å². The molecule has 1 rings (SSSR count). The Bertz CT molecular complexity index is 224. The first-order valence-corrected chi connectivity index (χ1v) is 6.57. The van der Waals surface area contributed by atoms with Crippen LogP contribution in [0.25, 0.3) is 0 Å². The molecule has 0 aromatic heterocycles. The quantitative estimate of drug-likeness (QED) is 0.738. The van der Waals surface area contributed by atoms with Crippen LogP contribution < -0.4 is 5.73 Å². The van der Waals surface area contributed by atoms with E-state index in [0.29, 0.717) is 11.0 Å². The molecule has 0 aromatic carbocycles. The standard InChI is InChI=1S/C12H25N3S/c1-10(8-12(13)16)15(3)9-11-4-6-14(2)7-5-11/h10-11H,4-9H2,1-3H3,(H2,13,16). The molecule has 3 nitrogen and oxygen atoms in total. The highest BCUT2D eigenvalue weighted by atomic mass is 32.1. The number of hydrogen-bond donors (Lipinski definition) is 1. The van der Waals surface area contributed by atoms with Crippen molar-refractivity contribution in [1.29, 1.82) is 0 Å². The normalized spacial score (nSPS) is 21.2. The molecule has 1 aliphatic rings. The van der Waals surface area contributed by atoms with E-state index < -0.39 is 0 Å². The smallest absolute Gasteiger partial charge is 0.0742 e. The van der Waals surface area contributed by atoms with E-state index in [2.05, 4.69) is 30.8 Å². The summed E-state index contributed by atoms with van der Waals surface area (Å²) in [5.41, 5.74) is 5.58. The minimum atomic E-state index is 0.470. The van der Waals surface area contributed by atoms with Crippen LogP contribution in [0.3, 0.4) is 0 Å². The van der Waals surface area contributed by atoms with Crippen LogP contribution in [0.4, 0.5) is 0 Å². The molecular weight excluding hydrogens is 218 g/mol. The van der Waals surface area contributed by atoms with Gasteiger partial charge in [0.1, 0.15) is 0 Å². The summed E-state index contributed by atoms with van der Waals surface area (Å²) >= 11 is 4.96. The van der Waals surface area contributed by atoms with Crippen molar-refractivity contribution in [2.75, 3.05) is 33.7 Å². The minimum Gasteiger partial charge on any atom is -0.393 e. The van der Waals surface area contributed by atoms with Crippen LogP contribution >= 0.6 is 12.2 Å². The lowest BCUT2D eigenvalue weighted by Crippen LogP contribution is -2.39. The van der Waals surface area contributed by atoms with E-state index in [9.17, 15) is 0 Å². The molecule has 0 bridgehead atoms. The van der Waals surface area contributed by atoms with Crippen LogP contribution in [0.2, 0.25) is 0 Å². The maximum atomic E-state index is 5.58. The SMILES string of the molecule is CC(CC(N)=S)N(C)CC1CCN(C)CC1. The van der Waals surface area contributed by atoms with Gasteiger partial charge in [-0.05, 0) is 52.9 Å². The monoisotopic (exact) mass is 243 g/mol. The molecule has 1 fully saturated rings. The third-order valence-electron chi connectivity index (χ3n) is 3.63. The Kier molecular flexibility index (Phi) is 5.66. The van der Waals surface area contributed by atoms with Crippen LogP contribution in [0, 0.1) is 5.92 Å². The highest BCUT2D eigenvalue weighted by Crippen LogP contribution is 2.18. The second-order valence-electron chi connectivity index (χ2n) is 5.21. The summed E-state index contributed by atoms with van der Waals surface area (Å²) in [4.78, 5) is 5.44. The van der Waals surface area contributed by atoms with Crippen LogP contribution in [-0.2, 0) is 0 Å². The summed E-state index contributed by atoms with van der Waals surface area (Å²) in [5.74, 6) is 0.843. The van der Waals surface area contributed by atoms with Crippen LogP contribution in [-0.4, -0.2) is 54.6 Å². The van der Waals surface area contributed by atoms with Gasteiger partial charge in [0.15, 0.2) is 0 Å². The number of hydrogen-bond acceptors (Lipinski definition) is 3. The third-order valence-corrected chi connectivity index (χ3v) is 3.80. The number of likely N-dealkylation sites (tertiary alicyclic amines) is 1. The first-order chi connectivity index (χ1) is 7.49. The van der Waals surface area contributed by atoms with E-state index in [0.717, 1.165) is 12.3 Å². The summed E-state index contributed by atoms with van der Waals surface area (Å²) in [6.07, 6.45) is 3.47. The van der Waals surface area contributed by atoms with Gasteiger partial charge in [-0.15, -0.1) is 0 Å². The van der Waals surface area contributed by atoms with Crippen molar-refractivity contribution in [2.45, 2.75) is 32.2 Å². The lowest BCUT2D eigenvalue weighted by molar-refractivity contribution is 0.156. The number of piperidine rings is 1. The van der Waals surface area contributed by atoms with Crippen LogP contribution in [0.15, 0.2) is 0 Å². The average molecular weight is 243 g/mol. The zero-order valence-electron chi connectivity index (χ0n) is 10.8. The summed E-state index contributed by atoms with van der Waals surface area (Å²) in [5, 5.41) is 0. The molecular formula is C12H25N3S. The average Bonchev–Trinajstić information content (AvgIpc) is 2.20. The minimum absolute atomic E-state index is 0.470. The Morgan fingerprint density at radius 1 is 1.50 bits per heavy atom. The van der Waals surface area contributed by atoms with Gasteiger partial charge in [-0.2, -0.15) is 0 Å². The lowest BCUT2D eigenvalue weighted by Gasteiger charge is -2.33. The molecule has 0 spiro atoms. The molecule has 1 heterocycles. The van der Waals surface area contributed by atoms with Crippen molar-refractivity contribution in [2.24, 2.45) is 11.7 Å². The fraction of sp³-hybridized carbons (Fsp3) is 0.917. The van der Waals surface area contributed by atoms with Crippen molar-refractivity contribution >= 4 is 17.2 Å². The molecule has 0 amide bonds. The van der Waals surface area contributed by atoms with Gasteiger partial charge in [-0.3, -0.25) is 0 Å². The van der Waals surface area contributed by atoms with E-state index in [1.807, 2.05) is 0 Å². The van der Waals surface area contributed by atoms with Crippen LogP contribution in [0.5, 0.6) is 0 Å². The maximum Gasteiger partial charge on any atom is 0.0742 e. The fourth-order valence-corrected chi connectivity index (χ4v) is 2.52. The van der Waals surface area contributed by atoms with Gasteiger partial charge < -0.3 is 15.5 Å². The van der Waals surface area contributed by atoms with Crippen LogP contribution in [0.1, 0.15) is 26.2 Å². The Morgan fingerprint density at radius 2 is 2.06 bits per heavy atom. The Balaban J connectivity index is 2.27. The largest absolute Gasteiger partial charge is 0.393 e. The van der Waals surface area contributed by atoms with Gasteiger partial charge in [0, 0.05) is 19.0 Å². The van der Waals surface area contributed by atoms with Gasteiger partial charge in [0.2, 0.25) is 0 Å². The number of nitrogens with two attached hydrogens (primary N) is 1. The highest BCUT2D eigenvalue weighted by Gasteiger charge is 2.20. The zero-order valence-corrected chi connectivity index (χ0v) is 11.6. The van der Waals surface area contributed by atoms with E-state index in [1.54, 1.807) is 0 Å². The third kappa shape index (κ3) is 4.76. The van der Waals surface area contributed by atoms with Crippen molar-refractivity contribution in [3.8, 4) is 0 Å².